The third kappa shape index (κ3) is 5.76. The summed E-state index contributed by atoms with van der Waals surface area (Å²) in [6.45, 7) is 5.15. The number of aryl methyl sites for hydroxylation is 1. The van der Waals surface area contributed by atoms with Gasteiger partial charge in [-0.05, 0) is 44.7 Å². The fourth-order valence-corrected chi connectivity index (χ4v) is 4.50. The number of rotatable bonds is 5. The van der Waals surface area contributed by atoms with Crippen molar-refractivity contribution in [2.75, 3.05) is 25.1 Å². The number of aromatic nitrogens is 1. The first kappa shape index (κ1) is 21.7. The van der Waals surface area contributed by atoms with Gasteiger partial charge in [-0.1, -0.05) is 25.7 Å². The summed E-state index contributed by atoms with van der Waals surface area (Å²) in [6.07, 6.45) is 10.8. The average Bonchev–Trinajstić information content (AvgIpc) is 2.96. The maximum Gasteiger partial charge on any atom is 0.369 e. The first-order valence-corrected chi connectivity index (χ1v) is 10.8. The Labute approximate surface area is 174 Å². The van der Waals surface area contributed by atoms with E-state index in [1.807, 2.05) is 19.2 Å². The van der Waals surface area contributed by atoms with Gasteiger partial charge < -0.3 is 20.1 Å². The van der Waals surface area contributed by atoms with E-state index in [0.717, 1.165) is 30.9 Å². The highest BCUT2D eigenvalue weighted by Gasteiger charge is 2.33. The minimum absolute atomic E-state index is 0.0820. The number of nitrogens with one attached hydrogen (secondary N) is 2. The Bertz CT molecular complexity index is 728. The summed E-state index contributed by atoms with van der Waals surface area (Å²) >= 11 is 0. The second-order valence-corrected chi connectivity index (χ2v) is 8.40. The zero-order valence-electron chi connectivity index (χ0n) is 18.0. The van der Waals surface area contributed by atoms with Crippen LogP contribution in [-0.4, -0.2) is 60.2 Å². The van der Waals surface area contributed by atoms with Crippen molar-refractivity contribution in [1.82, 2.24) is 10.3 Å². The highest BCUT2D eigenvalue weighted by molar-refractivity contribution is 6.03. The molecule has 1 saturated heterocycles. The number of hydrogen-bond acceptors (Lipinski definition) is 5. The molecule has 0 radical (unpaired) electrons. The molecule has 0 bridgehead atoms. The smallest absolute Gasteiger partial charge is 0.369 e. The number of hydrogen-bond donors (Lipinski definition) is 2. The van der Waals surface area contributed by atoms with Gasteiger partial charge in [-0.25, -0.2) is 4.98 Å². The molecule has 1 saturated carbocycles. The Hall–Kier alpha value is -1.99. The van der Waals surface area contributed by atoms with Gasteiger partial charge in [0.2, 0.25) is 0 Å². The van der Waals surface area contributed by atoms with Gasteiger partial charge in [0.05, 0.1) is 6.10 Å². The van der Waals surface area contributed by atoms with Crippen molar-refractivity contribution in [2.24, 2.45) is 4.99 Å². The largest absolute Gasteiger partial charge is 0.578 e. The molecule has 160 valence electrons. The van der Waals surface area contributed by atoms with E-state index in [9.17, 15) is 0 Å². The summed E-state index contributed by atoms with van der Waals surface area (Å²) in [5.41, 5.74) is 1.67. The molecule has 2 heterocycles. The van der Waals surface area contributed by atoms with Gasteiger partial charge in [-0.15, -0.1) is 0 Å². The highest BCUT2D eigenvalue weighted by Crippen LogP contribution is 2.26. The van der Waals surface area contributed by atoms with Crippen LogP contribution in [0.4, 0.5) is 5.82 Å². The van der Waals surface area contributed by atoms with Crippen molar-refractivity contribution >= 4 is 17.6 Å². The number of ether oxygens (including phenoxy) is 1. The Morgan fingerprint density at radius 2 is 2.00 bits per heavy atom. The van der Waals surface area contributed by atoms with E-state index >= 15 is 0 Å². The van der Waals surface area contributed by atoms with Crippen LogP contribution in [-0.2, 0) is 4.74 Å². The summed E-state index contributed by atoms with van der Waals surface area (Å²) in [6, 6.07) is 2.89. The van der Waals surface area contributed by atoms with Crippen LogP contribution >= 0.6 is 0 Å². The zero-order valence-corrected chi connectivity index (χ0v) is 18.0. The number of amidine groups is 1. The molecule has 0 aromatic carbocycles. The second-order valence-electron chi connectivity index (χ2n) is 8.40. The molecular weight excluding hydrogens is 366 g/mol. The molecule has 2 aliphatic rings. The lowest BCUT2D eigenvalue weighted by atomic mass is 9.98. The molecule has 1 aromatic heterocycles. The molecule has 3 rings (SSSR count). The number of pyridine rings is 1. The number of nitrogens with zero attached hydrogens (tertiary/aromatic N) is 3. The number of methoxy groups -OCH3 is 1. The summed E-state index contributed by atoms with van der Waals surface area (Å²) in [4.78, 5) is 10.9. The molecule has 2 unspecified atom stereocenters. The maximum absolute atomic E-state index is 8.32. The second kappa shape index (κ2) is 10.2. The topological polar surface area (TPSA) is 96.5 Å². The Morgan fingerprint density at radius 3 is 2.66 bits per heavy atom. The third-order valence-corrected chi connectivity index (χ3v) is 6.00. The molecule has 1 aliphatic heterocycles. The van der Waals surface area contributed by atoms with Gasteiger partial charge >= 0.3 is 5.90 Å². The monoisotopic (exact) mass is 402 g/mol. The SMILES string of the molecule is COC1CN(c2ncc(C)cc2C([OH2+])=NC(C)=N)CCC1NC1CCCCCC1. The van der Waals surface area contributed by atoms with Crippen LogP contribution in [0.15, 0.2) is 17.3 Å². The quantitative estimate of drug-likeness (QED) is 0.342. The van der Waals surface area contributed by atoms with Crippen molar-refractivity contribution in [2.45, 2.75) is 77.0 Å². The van der Waals surface area contributed by atoms with Crippen molar-refractivity contribution in [3.05, 3.63) is 23.4 Å². The predicted octanol–water partition coefficient (Wildman–Crippen LogP) is 2.76. The molecule has 1 aromatic rings. The molecule has 2 atom stereocenters. The number of aliphatic imine (C=N–C) groups is 1. The van der Waals surface area contributed by atoms with Crippen molar-refractivity contribution in [3.63, 3.8) is 0 Å². The van der Waals surface area contributed by atoms with Gasteiger partial charge in [-0.3, -0.25) is 5.41 Å². The lowest BCUT2D eigenvalue weighted by Crippen LogP contribution is -2.56. The molecule has 7 heteroatoms. The van der Waals surface area contributed by atoms with E-state index in [4.69, 9.17) is 15.3 Å². The standard InChI is InChI=1S/C22H35N5O2/c1-15-12-18(22(28)25-16(2)23)21(24-13-15)27-11-10-19(20(14-27)29-3)26-17-8-6-4-5-7-9-17/h12-13,17,19-20,26H,4-11,14H2,1-3H3,(H2,23,25,28)/p+1. The zero-order chi connectivity index (χ0) is 20.8. The number of anilines is 1. The fourth-order valence-electron chi connectivity index (χ4n) is 4.50. The van der Waals surface area contributed by atoms with E-state index < -0.39 is 0 Å². The maximum atomic E-state index is 8.32. The Balaban J connectivity index is 1.74. The van der Waals surface area contributed by atoms with Gasteiger partial charge in [-0.2, -0.15) is 4.99 Å². The van der Waals surface area contributed by atoms with Crippen LogP contribution < -0.4 is 10.2 Å². The molecule has 1 aliphatic carbocycles. The van der Waals surface area contributed by atoms with Crippen molar-refractivity contribution in [1.29, 1.82) is 5.41 Å². The summed E-state index contributed by atoms with van der Waals surface area (Å²) < 4.78 is 5.87. The van der Waals surface area contributed by atoms with Crippen molar-refractivity contribution in [3.8, 4) is 0 Å². The van der Waals surface area contributed by atoms with Crippen molar-refractivity contribution < 1.29 is 9.84 Å². The van der Waals surface area contributed by atoms with Crippen LogP contribution in [0.25, 0.3) is 0 Å². The minimum atomic E-state index is 0.0820. The molecule has 4 N–H and O–H groups in total. The molecule has 0 spiro atoms. The van der Waals surface area contributed by atoms with Gasteiger partial charge in [0.25, 0.3) is 0 Å². The third-order valence-electron chi connectivity index (χ3n) is 6.00. The van der Waals surface area contributed by atoms with Crippen LogP contribution in [0.3, 0.4) is 0 Å². The van der Waals surface area contributed by atoms with E-state index in [0.29, 0.717) is 17.6 Å². The van der Waals surface area contributed by atoms with Gasteiger partial charge in [0, 0.05) is 38.5 Å². The van der Waals surface area contributed by atoms with Crippen LogP contribution in [0.5, 0.6) is 0 Å². The molecule has 0 amide bonds. The Kier molecular flexibility index (Phi) is 7.61. The Morgan fingerprint density at radius 1 is 1.28 bits per heavy atom. The normalized spacial score (nSPS) is 24.4. The highest BCUT2D eigenvalue weighted by atomic mass is 16.5. The van der Waals surface area contributed by atoms with Crippen LogP contribution in [0, 0.1) is 12.3 Å². The van der Waals surface area contributed by atoms with E-state index in [1.165, 1.54) is 38.5 Å². The first-order valence-electron chi connectivity index (χ1n) is 10.8. The molecule has 29 heavy (non-hydrogen) atoms. The van der Waals surface area contributed by atoms with E-state index in [2.05, 4.69) is 20.2 Å². The van der Waals surface area contributed by atoms with E-state index in [1.54, 1.807) is 14.0 Å². The van der Waals surface area contributed by atoms with Gasteiger partial charge in [0.1, 0.15) is 17.2 Å². The minimum Gasteiger partial charge on any atom is -0.578 e. The van der Waals surface area contributed by atoms with Gasteiger partial charge in [0.15, 0.2) is 0 Å². The van der Waals surface area contributed by atoms with E-state index in [-0.39, 0.29) is 17.8 Å². The molecular formula is C22H36N5O2+. The summed E-state index contributed by atoms with van der Waals surface area (Å²) in [5, 5.41) is 19.8. The number of piperidine rings is 1. The summed E-state index contributed by atoms with van der Waals surface area (Å²) in [5.74, 6) is 0.987. The summed E-state index contributed by atoms with van der Waals surface area (Å²) in [7, 11) is 1.79. The average molecular weight is 403 g/mol. The lowest BCUT2D eigenvalue weighted by molar-refractivity contribution is 0.0546. The molecule has 7 nitrogen and oxygen atoms in total. The lowest BCUT2D eigenvalue weighted by Gasteiger charge is -2.40. The van der Waals surface area contributed by atoms with Crippen LogP contribution in [0.2, 0.25) is 0 Å². The molecule has 2 fully saturated rings. The first-order chi connectivity index (χ1) is 14.0. The van der Waals surface area contributed by atoms with Crippen LogP contribution in [0.1, 0.15) is 63.0 Å². The predicted molar refractivity (Wildman–Crippen MR) is 119 cm³/mol. The fraction of sp³-hybridized carbons (Fsp3) is 0.682.